The molecule has 0 aromatic heterocycles. The molecule has 0 radical (unpaired) electrons. The van der Waals surface area contributed by atoms with Gasteiger partial charge in [-0.3, -0.25) is 14.4 Å². The van der Waals surface area contributed by atoms with Gasteiger partial charge in [0, 0.05) is 19.3 Å². The summed E-state index contributed by atoms with van der Waals surface area (Å²) in [5, 5.41) is 0. The lowest BCUT2D eigenvalue weighted by atomic mass is 9.94. The fraction of sp³-hybridized carbons (Fsp3) is 0.850. The molecule has 152 valence electrons. The highest BCUT2D eigenvalue weighted by Gasteiger charge is 2.31. The number of carbonyl (C=O) groups is 3. The molecule has 0 N–H and O–H groups in total. The van der Waals surface area contributed by atoms with Crippen molar-refractivity contribution in [3.05, 3.63) is 0 Å². The summed E-state index contributed by atoms with van der Waals surface area (Å²) in [6.45, 7) is 13.5. The SMILES string of the molecule is CC(C)CC(=O)OCC(C)(COC(=O)CC(C)C)COC(=O)CC(C)C. The van der Waals surface area contributed by atoms with Crippen molar-refractivity contribution in [3.8, 4) is 0 Å². The second kappa shape index (κ2) is 11.9. The van der Waals surface area contributed by atoms with E-state index in [4.69, 9.17) is 14.2 Å². The molecule has 0 bridgehead atoms. The molecule has 0 rings (SSSR count). The Kier molecular flexibility index (Phi) is 11.2. The van der Waals surface area contributed by atoms with Crippen molar-refractivity contribution in [3.63, 3.8) is 0 Å². The highest BCUT2D eigenvalue weighted by atomic mass is 16.6. The number of hydrogen-bond acceptors (Lipinski definition) is 6. The first-order valence-corrected chi connectivity index (χ1v) is 9.40. The number of hydrogen-bond donors (Lipinski definition) is 0. The lowest BCUT2D eigenvalue weighted by Crippen LogP contribution is -2.37. The predicted octanol–water partition coefficient (Wildman–Crippen LogP) is 3.76. The predicted molar refractivity (Wildman–Crippen MR) is 99.3 cm³/mol. The summed E-state index contributed by atoms with van der Waals surface area (Å²) in [5.41, 5.74) is -0.772. The van der Waals surface area contributed by atoms with Gasteiger partial charge in [-0.25, -0.2) is 0 Å². The fourth-order valence-electron chi connectivity index (χ4n) is 2.07. The van der Waals surface area contributed by atoms with Crippen molar-refractivity contribution in [2.75, 3.05) is 19.8 Å². The zero-order chi connectivity index (χ0) is 20.3. The molecule has 0 atom stereocenters. The molecule has 6 nitrogen and oxygen atoms in total. The van der Waals surface area contributed by atoms with E-state index in [9.17, 15) is 14.4 Å². The lowest BCUT2D eigenvalue weighted by Gasteiger charge is -2.28. The maximum Gasteiger partial charge on any atom is 0.306 e. The number of esters is 3. The molecule has 6 heteroatoms. The van der Waals surface area contributed by atoms with Crippen LogP contribution >= 0.6 is 0 Å². The van der Waals surface area contributed by atoms with Crippen LogP contribution in [0.2, 0.25) is 0 Å². The molecule has 0 saturated heterocycles. The van der Waals surface area contributed by atoms with Crippen molar-refractivity contribution < 1.29 is 28.6 Å². The van der Waals surface area contributed by atoms with Gasteiger partial charge in [-0.1, -0.05) is 41.5 Å². The summed E-state index contributed by atoms with van der Waals surface area (Å²) < 4.78 is 16.0. The molecule has 0 saturated carbocycles. The van der Waals surface area contributed by atoms with Crippen LogP contribution in [0, 0.1) is 23.2 Å². The molecule has 0 aromatic rings. The van der Waals surface area contributed by atoms with Crippen molar-refractivity contribution in [2.45, 2.75) is 67.7 Å². The zero-order valence-corrected chi connectivity index (χ0v) is 17.4. The summed E-state index contributed by atoms with van der Waals surface area (Å²) in [7, 11) is 0. The third-order valence-corrected chi connectivity index (χ3v) is 3.47. The molecular weight excluding hydrogens is 336 g/mol. The fourth-order valence-corrected chi connectivity index (χ4v) is 2.07. The lowest BCUT2D eigenvalue weighted by molar-refractivity contribution is -0.161. The maximum atomic E-state index is 11.8. The van der Waals surface area contributed by atoms with Gasteiger partial charge in [0.1, 0.15) is 19.8 Å². The first-order chi connectivity index (χ1) is 11.9. The van der Waals surface area contributed by atoms with E-state index in [-0.39, 0.29) is 55.5 Å². The molecule has 0 heterocycles. The minimum atomic E-state index is -0.772. The molecule has 0 amide bonds. The number of ether oxygens (including phenoxy) is 3. The Balaban J connectivity index is 4.75. The largest absolute Gasteiger partial charge is 0.465 e. The first kappa shape index (κ1) is 24.4. The monoisotopic (exact) mass is 372 g/mol. The van der Waals surface area contributed by atoms with Crippen LogP contribution in [0.15, 0.2) is 0 Å². The standard InChI is InChI=1S/C20H36O6/c1-14(2)8-17(21)24-11-20(7,12-25-18(22)9-15(3)4)13-26-19(23)10-16(5)6/h14-16H,8-13H2,1-7H3. The minimum Gasteiger partial charge on any atom is -0.465 e. The number of carbonyl (C=O) groups excluding carboxylic acids is 3. The van der Waals surface area contributed by atoms with E-state index in [2.05, 4.69) is 0 Å². The van der Waals surface area contributed by atoms with Crippen LogP contribution in [-0.2, 0) is 28.6 Å². The topological polar surface area (TPSA) is 78.9 Å². The highest BCUT2D eigenvalue weighted by molar-refractivity contribution is 5.70. The van der Waals surface area contributed by atoms with Crippen LogP contribution in [0.1, 0.15) is 67.7 Å². The Bertz CT molecular complexity index is 389. The van der Waals surface area contributed by atoms with Gasteiger partial charge in [-0.15, -0.1) is 0 Å². The second-order valence-corrected chi connectivity index (χ2v) is 8.59. The van der Waals surface area contributed by atoms with E-state index >= 15 is 0 Å². The molecular formula is C20H36O6. The summed E-state index contributed by atoms with van der Waals surface area (Å²) in [4.78, 5) is 35.5. The van der Waals surface area contributed by atoms with E-state index in [1.807, 2.05) is 41.5 Å². The molecule has 0 unspecified atom stereocenters. The molecule has 0 aliphatic heterocycles. The minimum absolute atomic E-state index is 0.0302. The summed E-state index contributed by atoms with van der Waals surface area (Å²) in [6, 6.07) is 0. The van der Waals surface area contributed by atoms with Crippen LogP contribution in [0.4, 0.5) is 0 Å². The van der Waals surface area contributed by atoms with E-state index in [1.54, 1.807) is 6.92 Å². The van der Waals surface area contributed by atoms with Gasteiger partial charge in [-0.2, -0.15) is 0 Å². The normalized spacial score (nSPS) is 11.8. The van der Waals surface area contributed by atoms with E-state index < -0.39 is 5.41 Å². The van der Waals surface area contributed by atoms with Gasteiger partial charge in [-0.05, 0) is 24.7 Å². The summed E-state index contributed by atoms with van der Waals surface area (Å²) in [5.74, 6) is -0.348. The second-order valence-electron chi connectivity index (χ2n) is 8.59. The quantitative estimate of drug-likeness (QED) is 0.383. The smallest absolute Gasteiger partial charge is 0.306 e. The molecule has 0 aliphatic rings. The van der Waals surface area contributed by atoms with Gasteiger partial charge in [0.05, 0.1) is 5.41 Å². The Morgan fingerprint density at radius 2 is 0.846 bits per heavy atom. The van der Waals surface area contributed by atoms with Crippen LogP contribution in [-0.4, -0.2) is 37.7 Å². The van der Waals surface area contributed by atoms with Crippen molar-refractivity contribution in [2.24, 2.45) is 23.2 Å². The Morgan fingerprint density at radius 1 is 0.615 bits per heavy atom. The Hall–Kier alpha value is -1.59. The van der Waals surface area contributed by atoms with E-state index in [0.29, 0.717) is 19.3 Å². The average molecular weight is 373 g/mol. The van der Waals surface area contributed by atoms with Crippen molar-refractivity contribution >= 4 is 17.9 Å². The molecule has 0 aliphatic carbocycles. The van der Waals surface area contributed by atoms with Crippen molar-refractivity contribution in [1.29, 1.82) is 0 Å². The Labute approximate surface area is 157 Å². The van der Waals surface area contributed by atoms with E-state index in [0.717, 1.165) is 0 Å². The van der Waals surface area contributed by atoms with Gasteiger partial charge in [0.15, 0.2) is 0 Å². The summed E-state index contributed by atoms with van der Waals surface area (Å²) >= 11 is 0. The van der Waals surface area contributed by atoms with Crippen LogP contribution < -0.4 is 0 Å². The molecule has 0 spiro atoms. The van der Waals surface area contributed by atoms with Gasteiger partial charge >= 0.3 is 17.9 Å². The summed E-state index contributed by atoms with van der Waals surface area (Å²) in [6.07, 6.45) is 0.947. The van der Waals surface area contributed by atoms with Crippen LogP contribution in [0.25, 0.3) is 0 Å². The van der Waals surface area contributed by atoms with Gasteiger partial charge < -0.3 is 14.2 Å². The third kappa shape index (κ3) is 12.7. The molecule has 0 fully saturated rings. The third-order valence-electron chi connectivity index (χ3n) is 3.47. The maximum absolute atomic E-state index is 11.8. The van der Waals surface area contributed by atoms with E-state index in [1.165, 1.54) is 0 Å². The first-order valence-electron chi connectivity index (χ1n) is 9.40. The zero-order valence-electron chi connectivity index (χ0n) is 17.4. The van der Waals surface area contributed by atoms with Gasteiger partial charge in [0.25, 0.3) is 0 Å². The molecule has 0 aromatic carbocycles. The number of rotatable bonds is 12. The van der Waals surface area contributed by atoms with Gasteiger partial charge in [0.2, 0.25) is 0 Å². The Morgan fingerprint density at radius 3 is 1.04 bits per heavy atom. The average Bonchev–Trinajstić information content (AvgIpc) is 2.47. The van der Waals surface area contributed by atoms with Crippen molar-refractivity contribution in [1.82, 2.24) is 0 Å². The molecule has 26 heavy (non-hydrogen) atoms. The highest BCUT2D eigenvalue weighted by Crippen LogP contribution is 2.21. The van der Waals surface area contributed by atoms with Crippen LogP contribution in [0.5, 0.6) is 0 Å². The van der Waals surface area contributed by atoms with Crippen LogP contribution in [0.3, 0.4) is 0 Å².